The molecule has 2 aromatic carbocycles. The van der Waals surface area contributed by atoms with Crippen molar-refractivity contribution in [1.29, 1.82) is 0 Å². The first-order valence-electron chi connectivity index (χ1n) is 9.63. The van der Waals surface area contributed by atoms with Gasteiger partial charge in [0.25, 0.3) is 0 Å². The molecule has 3 rings (SSSR count). The molecule has 0 spiro atoms. The summed E-state index contributed by atoms with van der Waals surface area (Å²) < 4.78 is 15.7. The summed E-state index contributed by atoms with van der Waals surface area (Å²) in [6.07, 6.45) is 0. The van der Waals surface area contributed by atoms with Gasteiger partial charge in [-0.05, 0) is 55.3 Å². The predicted molar refractivity (Wildman–Crippen MR) is 119 cm³/mol. The van der Waals surface area contributed by atoms with Crippen LogP contribution in [0.25, 0.3) is 0 Å². The summed E-state index contributed by atoms with van der Waals surface area (Å²) in [5.41, 5.74) is 3.45. The van der Waals surface area contributed by atoms with Gasteiger partial charge >= 0.3 is 5.97 Å². The van der Waals surface area contributed by atoms with Crippen molar-refractivity contribution in [3.05, 3.63) is 64.7 Å². The maximum atomic E-state index is 12.3. The lowest BCUT2D eigenvalue weighted by atomic mass is 10.1. The second-order valence-corrected chi connectivity index (χ2v) is 7.66. The third-order valence-corrected chi connectivity index (χ3v) is 5.53. The van der Waals surface area contributed by atoms with E-state index < -0.39 is 5.97 Å². The molecule has 0 radical (unpaired) electrons. The first kappa shape index (κ1) is 22.3. The van der Waals surface area contributed by atoms with Gasteiger partial charge in [0.05, 0.1) is 18.5 Å². The minimum atomic E-state index is -0.511. The number of hydrogen-bond acceptors (Lipinski definition) is 7. The van der Waals surface area contributed by atoms with E-state index in [0.717, 1.165) is 16.8 Å². The topological polar surface area (TPSA) is 78.0 Å². The number of nitrogens with zero attached hydrogens (tertiary/aromatic N) is 2. The number of carbonyl (C=O) groups excluding carboxylic acids is 2. The Morgan fingerprint density at radius 1 is 1.06 bits per heavy atom. The van der Waals surface area contributed by atoms with Crippen LogP contribution < -0.4 is 14.4 Å². The van der Waals surface area contributed by atoms with Crippen molar-refractivity contribution in [2.45, 2.75) is 27.4 Å². The summed E-state index contributed by atoms with van der Waals surface area (Å²) in [7, 11) is 1.58. The Bertz CT molecular complexity index is 1060. The van der Waals surface area contributed by atoms with Crippen LogP contribution in [0, 0.1) is 13.8 Å². The zero-order valence-corrected chi connectivity index (χ0v) is 18.7. The summed E-state index contributed by atoms with van der Waals surface area (Å²) in [6.45, 7) is 5.25. The minimum absolute atomic E-state index is 0.000149. The van der Waals surface area contributed by atoms with E-state index in [1.165, 1.54) is 18.3 Å². The summed E-state index contributed by atoms with van der Waals surface area (Å²) in [4.78, 5) is 30.4. The summed E-state index contributed by atoms with van der Waals surface area (Å²) in [5.74, 6) is 0.594. The van der Waals surface area contributed by atoms with Crippen LogP contribution in [0.5, 0.6) is 11.5 Å². The average molecular weight is 441 g/mol. The van der Waals surface area contributed by atoms with E-state index in [4.69, 9.17) is 14.2 Å². The van der Waals surface area contributed by atoms with Gasteiger partial charge < -0.3 is 14.2 Å². The normalized spacial score (nSPS) is 10.5. The molecule has 0 aliphatic rings. The number of thiazole rings is 1. The molecule has 1 amide bonds. The molecule has 1 heterocycles. The summed E-state index contributed by atoms with van der Waals surface area (Å²) in [5, 5.41) is 2.30. The van der Waals surface area contributed by atoms with E-state index >= 15 is 0 Å². The molecule has 31 heavy (non-hydrogen) atoms. The number of amides is 1. The fourth-order valence-electron chi connectivity index (χ4n) is 2.86. The van der Waals surface area contributed by atoms with Gasteiger partial charge in [-0.2, -0.15) is 0 Å². The molecular weight excluding hydrogens is 416 g/mol. The smallest absolute Gasteiger partial charge is 0.344 e. The second kappa shape index (κ2) is 10.1. The van der Waals surface area contributed by atoms with Crippen molar-refractivity contribution >= 4 is 34.0 Å². The quantitative estimate of drug-likeness (QED) is 0.477. The number of rotatable bonds is 8. The summed E-state index contributed by atoms with van der Waals surface area (Å²) in [6, 6.07) is 12.7. The Balaban J connectivity index is 1.60. The van der Waals surface area contributed by atoms with Crippen LogP contribution in [0.3, 0.4) is 0 Å². The number of aromatic nitrogens is 1. The first-order valence-corrected chi connectivity index (χ1v) is 10.5. The van der Waals surface area contributed by atoms with Crippen molar-refractivity contribution in [3.8, 4) is 11.5 Å². The molecule has 0 atom stereocenters. The number of ether oxygens (including phenoxy) is 3. The molecule has 0 saturated carbocycles. The van der Waals surface area contributed by atoms with Gasteiger partial charge in [-0.3, -0.25) is 9.69 Å². The molecule has 0 bridgehead atoms. The highest BCUT2D eigenvalue weighted by atomic mass is 32.1. The lowest BCUT2D eigenvalue weighted by Gasteiger charge is -2.21. The zero-order valence-electron chi connectivity index (χ0n) is 17.9. The number of esters is 1. The number of anilines is 2. The monoisotopic (exact) mass is 440 g/mol. The molecule has 0 unspecified atom stereocenters. The molecule has 7 nitrogen and oxygen atoms in total. The standard InChI is InChI=1S/C23H24N2O5S/c1-15-6-5-7-21(16(15)2)25(17(3)26)23-24-18(14-31-23)12-30-22(27)13-29-20-10-8-19(28-4)9-11-20/h5-11,14H,12-13H2,1-4H3. The molecule has 0 fully saturated rings. The van der Waals surface area contributed by atoms with Crippen molar-refractivity contribution in [3.63, 3.8) is 0 Å². The van der Waals surface area contributed by atoms with Gasteiger partial charge in [0, 0.05) is 12.3 Å². The molecular formula is C23H24N2O5S. The summed E-state index contributed by atoms with van der Waals surface area (Å²) >= 11 is 1.32. The molecule has 8 heteroatoms. The highest BCUT2D eigenvalue weighted by Gasteiger charge is 2.20. The third kappa shape index (κ3) is 5.61. The van der Waals surface area contributed by atoms with Crippen molar-refractivity contribution in [2.24, 2.45) is 0 Å². The van der Waals surface area contributed by atoms with E-state index in [1.54, 1.807) is 41.7 Å². The second-order valence-electron chi connectivity index (χ2n) is 6.82. The number of methoxy groups -OCH3 is 1. The van der Waals surface area contributed by atoms with E-state index in [1.807, 2.05) is 32.0 Å². The van der Waals surface area contributed by atoms with Crippen LogP contribution >= 0.6 is 11.3 Å². The van der Waals surface area contributed by atoms with Crippen LogP contribution in [-0.4, -0.2) is 30.6 Å². The molecule has 0 aliphatic heterocycles. The van der Waals surface area contributed by atoms with Crippen LogP contribution in [-0.2, 0) is 20.9 Å². The highest BCUT2D eigenvalue weighted by molar-refractivity contribution is 7.14. The predicted octanol–water partition coefficient (Wildman–Crippen LogP) is 4.58. The number of aryl methyl sites for hydroxylation is 1. The van der Waals surface area contributed by atoms with Crippen molar-refractivity contribution in [1.82, 2.24) is 4.98 Å². The number of benzene rings is 2. The van der Waals surface area contributed by atoms with Gasteiger partial charge in [0.2, 0.25) is 5.91 Å². The highest BCUT2D eigenvalue weighted by Crippen LogP contribution is 2.32. The van der Waals surface area contributed by atoms with Gasteiger partial charge in [-0.1, -0.05) is 12.1 Å². The Morgan fingerprint density at radius 2 is 1.77 bits per heavy atom. The minimum Gasteiger partial charge on any atom is -0.497 e. The lowest BCUT2D eigenvalue weighted by molar-refractivity contribution is -0.147. The molecule has 162 valence electrons. The van der Waals surface area contributed by atoms with Gasteiger partial charge in [0.15, 0.2) is 11.7 Å². The van der Waals surface area contributed by atoms with Crippen LogP contribution in [0.1, 0.15) is 23.7 Å². The zero-order chi connectivity index (χ0) is 22.4. The fraction of sp³-hybridized carbons (Fsp3) is 0.261. The molecule has 0 aliphatic carbocycles. The average Bonchev–Trinajstić information content (AvgIpc) is 3.22. The van der Waals surface area contributed by atoms with Crippen LogP contribution in [0.15, 0.2) is 47.8 Å². The Labute approximate surface area is 185 Å². The third-order valence-electron chi connectivity index (χ3n) is 4.66. The van der Waals surface area contributed by atoms with E-state index in [-0.39, 0.29) is 19.1 Å². The van der Waals surface area contributed by atoms with Crippen molar-refractivity contribution in [2.75, 3.05) is 18.6 Å². The van der Waals surface area contributed by atoms with Crippen LogP contribution in [0.2, 0.25) is 0 Å². The largest absolute Gasteiger partial charge is 0.497 e. The SMILES string of the molecule is COc1ccc(OCC(=O)OCc2csc(N(C(C)=O)c3cccc(C)c3C)n2)cc1. The fourth-order valence-corrected chi connectivity index (χ4v) is 3.73. The van der Waals surface area contributed by atoms with Crippen molar-refractivity contribution < 1.29 is 23.8 Å². The van der Waals surface area contributed by atoms with Gasteiger partial charge in [-0.25, -0.2) is 9.78 Å². The maximum absolute atomic E-state index is 12.3. The molecule has 0 saturated heterocycles. The van der Waals surface area contributed by atoms with E-state index in [0.29, 0.717) is 22.3 Å². The number of carbonyl (C=O) groups is 2. The number of hydrogen-bond donors (Lipinski definition) is 0. The lowest BCUT2D eigenvalue weighted by Crippen LogP contribution is -2.23. The maximum Gasteiger partial charge on any atom is 0.344 e. The van der Waals surface area contributed by atoms with Gasteiger partial charge in [-0.15, -0.1) is 11.3 Å². The molecule has 1 aromatic heterocycles. The first-order chi connectivity index (χ1) is 14.9. The van der Waals surface area contributed by atoms with Crippen LogP contribution in [0.4, 0.5) is 10.8 Å². The Hall–Kier alpha value is -3.39. The molecule has 0 N–H and O–H groups in total. The van der Waals surface area contributed by atoms with E-state index in [9.17, 15) is 9.59 Å². The Kier molecular flexibility index (Phi) is 7.25. The molecule has 3 aromatic rings. The van der Waals surface area contributed by atoms with Gasteiger partial charge in [0.1, 0.15) is 18.1 Å². The Morgan fingerprint density at radius 3 is 2.45 bits per heavy atom. The van der Waals surface area contributed by atoms with E-state index in [2.05, 4.69) is 4.98 Å².